The van der Waals surface area contributed by atoms with E-state index >= 15 is 0 Å². The number of nitrogens with zero attached hydrogens (tertiary/aromatic N) is 1. The molecule has 128 valence electrons. The van der Waals surface area contributed by atoms with Gasteiger partial charge in [0.15, 0.2) is 9.84 Å². The van der Waals surface area contributed by atoms with Crippen LogP contribution >= 0.6 is 23.4 Å². The molecule has 0 saturated carbocycles. The highest BCUT2D eigenvalue weighted by atomic mass is 35.5. The van der Waals surface area contributed by atoms with E-state index in [9.17, 15) is 13.2 Å². The quantitative estimate of drug-likeness (QED) is 0.738. The van der Waals surface area contributed by atoms with Crippen molar-refractivity contribution >= 4 is 39.1 Å². The third-order valence-corrected chi connectivity index (χ3v) is 5.83. The molecule has 0 heterocycles. The Morgan fingerprint density at radius 1 is 1.17 bits per heavy atom. The zero-order valence-electron chi connectivity index (χ0n) is 13.6. The molecular formula is C17H18ClNO3S2. The normalized spacial score (nSPS) is 11.3. The van der Waals surface area contributed by atoms with Crippen LogP contribution < -0.4 is 0 Å². The van der Waals surface area contributed by atoms with Gasteiger partial charge in [0.1, 0.15) is 0 Å². The third kappa shape index (κ3) is 4.53. The lowest BCUT2D eigenvalue weighted by atomic mass is 10.1. The summed E-state index contributed by atoms with van der Waals surface area (Å²) in [6.45, 7) is 0.435. The van der Waals surface area contributed by atoms with Crippen molar-refractivity contribution in [3.8, 4) is 0 Å². The number of carbonyl (C=O) groups excluding carboxylic acids is 1. The molecule has 2 rings (SSSR count). The highest BCUT2D eigenvalue weighted by Gasteiger charge is 2.18. The van der Waals surface area contributed by atoms with Crippen molar-refractivity contribution in [1.82, 2.24) is 4.90 Å². The molecule has 4 nitrogen and oxygen atoms in total. The topological polar surface area (TPSA) is 54.5 Å². The summed E-state index contributed by atoms with van der Waals surface area (Å²) >= 11 is 7.57. The predicted molar refractivity (Wildman–Crippen MR) is 98.6 cm³/mol. The average Bonchev–Trinajstić information content (AvgIpc) is 2.54. The van der Waals surface area contributed by atoms with E-state index < -0.39 is 9.84 Å². The Kier molecular flexibility index (Phi) is 5.96. The fraction of sp³-hybridized carbons (Fsp3) is 0.235. The standard InChI is InChI=1S/C17H18ClNO3S2/c1-19(11-12-4-7-14(23-2)8-5-12)17(20)13-6-9-15(18)16(10-13)24(3,21)22/h4-10H,11H2,1-3H3. The number of halogens is 1. The molecule has 0 atom stereocenters. The van der Waals surface area contributed by atoms with Crippen LogP contribution in [0.15, 0.2) is 52.3 Å². The zero-order chi connectivity index (χ0) is 17.9. The van der Waals surface area contributed by atoms with Crippen LogP contribution in [0.1, 0.15) is 15.9 Å². The Labute approximate surface area is 151 Å². The van der Waals surface area contributed by atoms with E-state index in [-0.39, 0.29) is 15.8 Å². The highest BCUT2D eigenvalue weighted by Crippen LogP contribution is 2.23. The molecule has 0 unspecified atom stereocenters. The molecule has 0 aliphatic carbocycles. The molecule has 0 spiro atoms. The molecule has 0 aliphatic heterocycles. The van der Waals surface area contributed by atoms with Gasteiger partial charge in [-0.25, -0.2) is 8.42 Å². The number of amides is 1. The molecule has 7 heteroatoms. The molecule has 0 N–H and O–H groups in total. The summed E-state index contributed by atoms with van der Waals surface area (Å²) in [5.74, 6) is -0.259. The minimum Gasteiger partial charge on any atom is -0.337 e. The van der Waals surface area contributed by atoms with Crippen LogP contribution in [-0.2, 0) is 16.4 Å². The lowest BCUT2D eigenvalue weighted by molar-refractivity contribution is 0.0785. The largest absolute Gasteiger partial charge is 0.337 e. The van der Waals surface area contributed by atoms with Crippen molar-refractivity contribution in [3.05, 3.63) is 58.6 Å². The summed E-state index contributed by atoms with van der Waals surface area (Å²) in [5, 5.41) is 0.115. The molecular weight excluding hydrogens is 366 g/mol. The summed E-state index contributed by atoms with van der Waals surface area (Å²) in [5.41, 5.74) is 1.30. The zero-order valence-corrected chi connectivity index (χ0v) is 16.0. The van der Waals surface area contributed by atoms with Crippen LogP contribution in [-0.4, -0.2) is 38.8 Å². The first-order valence-electron chi connectivity index (χ1n) is 7.10. The van der Waals surface area contributed by atoms with Crippen molar-refractivity contribution in [1.29, 1.82) is 0 Å². The summed E-state index contributed by atoms with van der Waals surface area (Å²) < 4.78 is 23.5. The average molecular weight is 384 g/mol. The van der Waals surface area contributed by atoms with Gasteiger partial charge in [-0.3, -0.25) is 4.79 Å². The SMILES string of the molecule is CSc1ccc(CN(C)C(=O)c2ccc(Cl)c(S(C)(=O)=O)c2)cc1. The van der Waals surface area contributed by atoms with Gasteiger partial charge in [0.2, 0.25) is 0 Å². The molecule has 0 fully saturated rings. The lowest BCUT2D eigenvalue weighted by Crippen LogP contribution is -2.26. The van der Waals surface area contributed by atoms with Crippen molar-refractivity contribution in [2.45, 2.75) is 16.3 Å². The van der Waals surface area contributed by atoms with Gasteiger partial charge in [-0.15, -0.1) is 11.8 Å². The maximum Gasteiger partial charge on any atom is 0.253 e. The van der Waals surface area contributed by atoms with E-state index in [1.54, 1.807) is 23.7 Å². The summed E-state index contributed by atoms with van der Waals surface area (Å²) in [6, 6.07) is 12.2. The Morgan fingerprint density at radius 2 is 1.79 bits per heavy atom. The second kappa shape index (κ2) is 7.59. The first-order valence-corrected chi connectivity index (χ1v) is 10.6. The molecule has 1 amide bonds. The van der Waals surface area contributed by atoms with Gasteiger partial charge >= 0.3 is 0 Å². The van der Waals surface area contributed by atoms with Gasteiger partial charge in [0, 0.05) is 30.3 Å². The summed E-state index contributed by atoms with van der Waals surface area (Å²) in [4.78, 5) is 15.2. The van der Waals surface area contributed by atoms with E-state index in [2.05, 4.69) is 0 Å². The number of benzene rings is 2. The van der Waals surface area contributed by atoms with Crippen molar-refractivity contribution in [2.75, 3.05) is 19.6 Å². The van der Waals surface area contributed by atoms with Crippen LogP contribution in [0.25, 0.3) is 0 Å². The molecule has 0 saturated heterocycles. The Hall–Kier alpha value is -1.50. The fourth-order valence-corrected chi connectivity index (χ4v) is 3.93. The summed E-state index contributed by atoms with van der Waals surface area (Å²) in [7, 11) is -1.81. The van der Waals surface area contributed by atoms with Crippen LogP contribution in [0.4, 0.5) is 0 Å². The van der Waals surface area contributed by atoms with Gasteiger partial charge in [-0.05, 0) is 42.2 Å². The van der Waals surface area contributed by atoms with Gasteiger partial charge < -0.3 is 4.90 Å². The molecule has 2 aromatic rings. The maximum atomic E-state index is 12.5. The van der Waals surface area contributed by atoms with Crippen LogP contribution in [0.3, 0.4) is 0 Å². The second-order valence-corrected chi connectivity index (χ2v) is 8.70. The second-order valence-electron chi connectivity index (χ2n) is 5.43. The molecule has 0 aromatic heterocycles. The van der Waals surface area contributed by atoms with E-state index in [0.717, 1.165) is 16.7 Å². The lowest BCUT2D eigenvalue weighted by Gasteiger charge is -2.18. The van der Waals surface area contributed by atoms with Crippen molar-refractivity contribution < 1.29 is 13.2 Å². The predicted octanol–water partition coefficient (Wildman–Crippen LogP) is 3.74. The van der Waals surface area contributed by atoms with Crippen molar-refractivity contribution in [3.63, 3.8) is 0 Å². The molecule has 0 aliphatic rings. The molecule has 0 radical (unpaired) electrons. The Balaban J connectivity index is 2.21. The van der Waals surface area contributed by atoms with Crippen LogP contribution in [0, 0.1) is 0 Å². The smallest absolute Gasteiger partial charge is 0.253 e. The van der Waals surface area contributed by atoms with E-state index in [0.29, 0.717) is 12.1 Å². The first-order chi connectivity index (χ1) is 11.2. The summed E-state index contributed by atoms with van der Waals surface area (Å²) in [6.07, 6.45) is 3.07. The van der Waals surface area contributed by atoms with E-state index in [1.165, 1.54) is 18.2 Å². The highest BCUT2D eigenvalue weighted by molar-refractivity contribution is 7.98. The number of sulfone groups is 1. The molecule has 24 heavy (non-hydrogen) atoms. The Bertz CT molecular complexity index is 849. The number of hydrogen-bond acceptors (Lipinski definition) is 4. The Morgan fingerprint density at radius 3 is 2.33 bits per heavy atom. The van der Waals surface area contributed by atoms with Crippen molar-refractivity contribution in [2.24, 2.45) is 0 Å². The number of thioether (sulfide) groups is 1. The van der Waals surface area contributed by atoms with Crippen LogP contribution in [0.2, 0.25) is 5.02 Å². The monoisotopic (exact) mass is 383 g/mol. The van der Waals surface area contributed by atoms with Gasteiger partial charge in [0.25, 0.3) is 5.91 Å². The van der Waals surface area contributed by atoms with E-state index in [4.69, 9.17) is 11.6 Å². The fourth-order valence-electron chi connectivity index (χ4n) is 2.22. The third-order valence-electron chi connectivity index (χ3n) is 3.50. The number of hydrogen-bond donors (Lipinski definition) is 0. The van der Waals surface area contributed by atoms with Gasteiger partial charge in [-0.2, -0.15) is 0 Å². The van der Waals surface area contributed by atoms with E-state index in [1.807, 2.05) is 30.5 Å². The first kappa shape index (κ1) is 18.8. The minimum absolute atomic E-state index is 0.0345. The van der Waals surface area contributed by atoms with Gasteiger partial charge in [-0.1, -0.05) is 23.7 Å². The molecule has 2 aromatic carbocycles. The minimum atomic E-state index is -3.49. The van der Waals surface area contributed by atoms with Crippen LogP contribution in [0.5, 0.6) is 0 Å². The molecule has 0 bridgehead atoms. The number of rotatable bonds is 5. The maximum absolute atomic E-state index is 12.5. The number of carbonyl (C=O) groups is 1. The van der Waals surface area contributed by atoms with Gasteiger partial charge in [0.05, 0.1) is 9.92 Å².